The number of allylic oxidation sites excluding steroid dienone is 2. The van der Waals surface area contributed by atoms with Crippen LogP contribution in [-0.2, 0) is 6.42 Å². The second-order valence-electron chi connectivity index (χ2n) is 8.90. The fourth-order valence-electron chi connectivity index (χ4n) is 5.80. The van der Waals surface area contributed by atoms with E-state index >= 15 is 0 Å². The Morgan fingerprint density at radius 2 is 1.06 bits per heavy atom. The maximum absolute atomic E-state index is 2.51. The summed E-state index contributed by atoms with van der Waals surface area (Å²) < 4.78 is 0. The number of hydrogen-bond donors (Lipinski definition) is 0. The van der Waals surface area contributed by atoms with Crippen LogP contribution in [0.3, 0.4) is 0 Å². The highest BCUT2D eigenvalue weighted by atomic mass is 14.3. The summed E-state index contributed by atoms with van der Waals surface area (Å²) in [5.41, 5.74) is 14.2. The summed E-state index contributed by atoms with van der Waals surface area (Å²) in [6, 6.07) is 31.6. The molecular formula is C31H22. The second-order valence-corrected chi connectivity index (χ2v) is 8.90. The number of rotatable bonds is 2. The van der Waals surface area contributed by atoms with Crippen LogP contribution < -0.4 is 0 Å². The van der Waals surface area contributed by atoms with Crippen molar-refractivity contribution in [2.24, 2.45) is 0 Å². The zero-order valence-corrected chi connectivity index (χ0v) is 17.3. The van der Waals surface area contributed by atoms with Gasteiger partial charge in [-0.25, -0.2) is 0 Å². The predicted molar refractivity (Wildman–Crippen MR) is 129 cm³/mol. The third kappa shape index (κ3) is 2.48. The van der Waals surface area contributed by atoms with Crippen molar-refractivity contribution in [1.82, 2.24) is 0 Å². The van der Waals surface area contributed by atoms with Gasteiger partial charge in [-0.15, -0.1) is 0 Å². The predicted octanol–water partition coefficient (Wildman–Crippen LogP) is 7.58. The molecule has 7 rings (SSSR count). The molecule has 4 aromatic rings. The van der Waals surface area contributed by atoms with Crippen LogP contribution in [-0.4, -0.2) is 0 Å². The van der Waals surface area contributed by atoms with Crippen LogP contribution in [0.15, 0.2) is 97.1 Å². The Morgan fingerprint density at radius 1 is 0.484 bits per heavy atom. The Kier molecular flexibility index (Phi) is 3.54. The van der Waals surface area contributed by atoms with Gasteiger partial charge in [-0.2, -0.15) is 0 Å². The highest BCUT2D eigenvalue weighted by molar-refractivity contribution is 5.80. The molecule has 0 heteroatoms. The maximum atomic E-state index is 2.51. The first kappa shape index (κ1) is 17.1. The summed E-state index contributed by atoms with van der Waals surface area (Å²) >= 11 is 0. The van der Waals surface area contributed by atoms with E-state index in [0.29, 0.717) is 11.8 Å². The second kappa shape index (κ2) is 6.43. The third-order valence-corrected chi connectivity index (χ3v) is 7.27. The molecule has 0 bridgehead atoms. The Balaban J connectivity index is 1.47. The number of fused-ring (bicyclic) bond motifs is 5. The van der Waals surface area contributed by atoms with Gasteiger partial charge in [-0.3, -0.25) is 0 Å². The summed E-state index contributed by atoms with van der Waals surface area (Å²) in [7, 11) is 0. The molecule has 0 saturated carbocycles. The van der Waals surface area contributed by atoms with E-state index < -0.39 is 0 Å². The first-order chi connectivity index (χ1) is 15.4. The Morgan fingerprint density at radius 3 is 1.77 bits per heavy atom. The third-order valence-electron chi connectivity index (χ3n) is 7.27. The molecule has 2 atom stereocenters. The quantitative estimate of drug-likeness (QED) is 0.289. The van der Waals surface area contributed by atoms with Crippen molar-refractivity contribution in [2.45, 2.75) is 18.3 Å². The topological polar surface area (TPSA) is 0 Å². The van der Waals surface area contributed by atoms with E-state index in [9.17, 15) is 0 Å². The molecule has 0 fully saturated rings. The van der Waals surface area contributed by atoms with E-state index in [-0.39, 0.29) is 0 Å². The minimum atomic E-state index is 0.311. The van der Waals surface area contributed by atoms with Gasteiger partial charge in [0.2, 0.25) is 0 Å². The van der Waals surface area contributed by atoms with Gasteiger partial charge < -0.3 is 0 Å². The largest absolute Gasteiger partial charge is 0.0720 e. The minimum absolute atomic E-state index is 0.311. The van der Waals surface area contributed by atoms with E-state index in [1.165, 1.54) is 55.6 Å². The fraction of sp³-hybridized carbons (Fsp3) is 0.0968. The lowest BCUT2D eigenvalue weighted by atomic mass is 9.81. The standard InChI is InChI=1S/C31H22/c1-4-10-24-20(7-1)13-15-27(24)30-18-23-17-22-9-3-6-12-26(22)29(23)19-31(30)28-16-14-21-8-2-5-11-25(21)28/h1-16,18-19,27-28H,17H2. The minimum Gasteiger partial charge on any atom is -0.0720 e. The lowest BCUT2D eigenvalue weighted by Crippen LogP contribution is -2.07. The molecule has 3 aliphatic rings. The summed E-state index contributed by atoms with van der Waals surface area (Å²) in [4.78, 5) is 0. The van der Waals surface area contributed by atoms with Crippen molar-refractivity contribution in [3.8, 4) is 11.1 Å². The van der Waals surface area contributed by atoms with E-state index in [1.54, 1.807) is 0 Å². The van der Waals surface area contributed by atoms with Crippen LogP contribution in [0.5, 0.6) is 0 Å². The van der Waals surface area contributed by atoms with Gasteiger partial charge in [0.05, 0.1) is 0 Å². The van der Waals surface area contributed by atoms with Crippen molar-refractivity contribution in [1.29, 1.82) is 0 Å². The summed E-state index contributed by atoms with van der Waals surface area (Å²) in [6.07, 6.45) is 10.4. The van der Waals surface area contributed by atoms with Gasteiger partial charge in [0, 0.05) is 11.8 Å². The Hall–Kier alpha value is -3.64. The number of hydrogen-bond acceptors (Lipinski definition) is 0. The van der Waals surface area contributed by atoms with E-state index in [1.807, 2.05) is 0 Å². The van der Waals surface area contributed by atoms with E-state index in [0.717, 1.165) is 6.42 Å². The molecule has 0 radical (unpaired) electrons. The highest BCUT2D eigenvalue weighted by Gasteiger charge is 2.30. The van der Waals surface area contributed by atoms with Crippen LogP contribution >= 0.6 is 0 Å². The van der Waals surface area contributed by atoms with Crippen molar-refractivity contribution >= 4 is 12.2 Å². The molecule has 0 nitrogen and oxygen atoms in total. The molecule has 3 aliphatic carbocycles. The molecule has 0 spiro atoms. The average molecular weight is 395 g/mol. The van der Waals surface area contributed by atoms with Crippen molar-refractivity contribution < 1.29 is 0 Å². The molecule has 0 aliphatic heterocycles. The van der Waals surface area contributed by atoms with Gasteiger partial charge in [0.1, 0.15) is 0 Å². The summed E-state index contributed by atoms with van der Waals surface area (Å²) in [5.74, 6) is 0.631. The molecule has 0 N–H and O–H groups in total. The van der Waals surface area contributed by atoms with Crippen LogP contribution in [0.1, 0.15) is 56.3 Å². The van der Waals surface area contributed by atoms with Crippen LogP contribution in [0.4, 0.5) is 0 Å². The molecule has 0 heterocycles. The van der Waals surface area contributed by atoms with Crippen molar-refractivity contribution in [3.63, 3.8) is 0 Å². The Bertz CT molecular complexity index is 1420. The van der Waals surface area contributed by atoms with E-state index in [2.05, 4.69) is 109 Å². The maximum Gasteiger partial charge on any atom is 0.0282 e. The molecule has 2 unspecified atom stereocenters. The highest BCUT2D eigenvalue weighted by Crippen LogP contribution is 2.47. The molecule has 0 amide bonds. The summed E-state index contributed by atoms with van der Waals surface area (Å²) in [5, 5.41) is 0. The van der Waals surface area contributed by atoms with Crippen LogP contribution in [0.25, 0.3) is 23.3 Å². The molecular weight excluding hydrogens is 372 g/mol. The van der Waals surface area contributed by atoms with Gasteiger partial charge >= 0.3 is 0 Å². The van der Waals surface area contributed by atoms with Crippen molar-refractivity contribution in [3.05, 3.63) is 142 Å². The Labute approximate surface area is 183 Å². The van der Waals surface area contributed by atoms with Gasteiger partial charge in [0.15, 0.2) is 0 Å². The average Bonchev–Trinajstić information content (AvgIpc) is 3.52. The van der Waals surface area contributed by atoms with Crippen LogP contribution in [0.2, 0.25) is 0 Å². The van der Waals surface area contributed by atoms with Crippen molar-refractivity contribution in [2.75, 3.05) is 0 Å². The smallest absolute Gasteiger partial charge is 0.0282 e. The normalized spacial score (nSPS) is 19.2. The first-order valence-corrected chi connectivity index (χ1v) is 11.2. The molecule has 31 heavy (non-hydrogen) atoms. The van der Waals surface area contributed by atoms with Gasteiger partial charge in [-0.1, -0.05) is 103 Å². The van der Waals surface area contributed by atoms with Gasteiger partial charge in [0.25, 0.3) is 0 Å². The lowest BCUT2D eigenvalue weighted by molar-refractivity contribution is 0.952. The monoisotopic (exact) mass is 394 g/mol. The van der Waals surface area contributed by atoms with Crippen LogP contribution in [0, 0.1) is 0 Å². The zero-order chi connectivity index (χ0) is 20.4. The fourth-order valence-corrected chi connectivity index (χ4v) is 5.80. The molecule has 146 valence electrons. The first-order valence-electron chi connectivity index (χ1n) is 11.2. The molecule has 0 saturated heterocycles. The molecule has 0 aromatic heterocycles. The zero-order valence-electron chi connectivity index (χ0n) is 17.3. The van der Waals surface area contributed by atoms with E-state index in [4.69, 9.17) is 0 Å². The SMILES string of the molecule is C1=CC(c2cc3c(cc2C2C=Cc4ccccc42)-c2ccccc2C3)c2ccccc21. The van der Waals surface area contributed by atoms with Gasteiger partial charge in [-0.05, 0) is 68.1 Å². The lowest BCUT2D eigenvalue weighted by Gasteiger charge is -2.23. The molecule has 4 aromatic carbocycles. The number of benzene rings is 4. The summed E-state index contributed by atoms with van der Waals surface area (Å²) in [6.45, 7) is 0.